The van der Waals surface area contributed by atoms with Crippen molar-refractivity contribution in [1.82, 2.24) is 5.43 Å². The number of hydrogen-bond acceptors (Lipinski definition) is 4. The normalized spacial score (nSPS) is 26.3. The van der Waals surface area contributed by atoms with Crippen molar-refractivity contribution in [2.24, 2.45) is 22.9 Å². The smallest absolute Gasteiger partial charge is 0.267 e. The summed E-state index contributed by atoms with van der Waals surface area (Å²) in [5, 5.41) is 15.1. The second kappa shape index (κ2) is 6.10. The lowest BCUT2D eigenvalue weighted by Gasteiger charge is -2.21. The maximum atomic E-state index is 12.2. The van der Waals surface area contributed by atoms with Crippen molar-refractivity contribution in [2.75, 3.05) is 0 Å². The van der Waals surface area contributed by atoms with Gasteiger partial charge >= 0.3 is 0 Å². The van der Waals surface area contributed by atoms with Gasteiger partial charge in [0.25, 0.3) is 11.6 Å². The van der Waals surface area contributed by atoms with E-state index in [0.717, 1.165) is 17.5 Å². The van der Waals surface area contributed by atoms with Gasteiger partial charge in [0.1, 0.15) is 0 Å². The first kappa shape index (κ1) is 15.6. The molecule has 0 heterocycles. The number of aryl methyl sites for hydroxylation is 1. The molecule has 0 saturated heterocycles. The molecule has 23 heavy (non-hydrogen) atoms. The highest BCUT2D eigenvalue weighted by atomic mass is 16.6. The standard InChI is InChI=1S/C17H21N3O3/c1-10-7-14(5-6-16(10)20(22)23)17(21)19-18-11(2)15-9-12-3-4-13(15)8-12/h5-7,12-13,15H,3-4,8-9H2,1-2H3,(H,19,21)/t12-,13-,15-/m0/s1. The van der Waals surface area contributed by atoms with Gasteiger partial charge in [0, 0.05) is 28.8 Å². The first-order chi connectivity index (χ1) is 11.0. The van der Waals surface area contributed by atoms with Crippen molar-refractivity contribution in [3.05, 3.63) is 39.4 Å². The summed E-state index contributed by atoms with van der Waals surface area (Å²) in [4.78, 5) is 22.5. The summed E-state index contributed by atoms with van der Waals surface area (Å²) in [6.45, 7) is 3.60. The number of rotatable bonds is 4. The van der Waals surface area contributed by atoms with E-state index in [1.807, 2.05) is 6.92 Å². The molecule has 2 bridgehead atoms. The van der Waals surface area contributed by atoms with Crippen LogP contribution in [0.25, 0.3) is 0 Å². The van der Waals surface area contributed by atoms with Gasteiger partial charge < -0.3 is 0 Å². The molecular weight excluding hydrogens is 294 g/mol. The first-order valence-electron chi connectivity index (χ1n) is 8.05. The fraction of sp³-hybridized carbons (Fsp3) is 0.529. The van der Waals surface area contributed by atoms with E-state index in [4.69, 9.17) is 0 Å². The Morgan fingerprint density at radius 2 is 2.13 bits per heavy atom. The van der Waals surface area contributed by atoms with Crippen molar-refractivity contribution < 1.29 is 9.72 Å². The van der Waals surface area contributed by atoms with Gasteiger partial charge in [-0.2, -0.15) is 5.10 Å². The Morgan fingerprint density at radius 3 is 2.70 bits per heavy atom. The summed E-state index contributed by atoms with van der Waals surface area (Å²) in [7, 11) is 0. The number of carbonyl (C=O) groups is 1. The fourth-order valence-corrected chi connectivity index (χ4v) is 4.04. The molecule has 0 aliphatic heterocycles. The maximum Gasteiger partial charge on any atom is 0.272 e. The van der Waals surface area contributed by atoms with Gasteiger partial charge in [0.15, 0.2) is 0 Å². The summed E-state index contributed by atoms with van der Waals surface area (Å²) in [6, 6.07) is 4.34. The van der Waals surface area contributed by atoms with Crippen LogP contribution < -0.4 is 5.43 Å². The van der Waals surface area contributed by atoms with Crippen molar-refractivity contribution in [1.29, 1.82) is 0 Å². The topological polar surface area (TPSA) is 84.6 Å². The zero-order chi connectivity index (χ0) is 16.6. The molecule has 2 aliphatic rings. The average molecular weight is 315 g/mol. The Kier molecular flexibility index (Phi) is 4.15. The molecule has 2 saturated carbocycles. The highest BCUT2D eigenvalue weighted by Gasteiger charge is 2.40. The number of benzene rings is 1. The lowest BCUT2D eigenvalue weighted by atomic mass is 9.86. The van der Waals surface area contributed by atoms with Gasteiger partial charge in [0.2, 0.25) is 0 Å². The Labute approximate surface area is 135 Å². The molecule has 3 atom stereocenters. The number of nitro benzene ring substituents is 1. The van der Waals surface area contributed by atoms with Gasteiger partial charge in [-0.1, -0.05) is 6.42 Å². The molecule has 6 nitrogen and oxygen atoms in total. The molecule has 2 fully saturated rings. The van der Waals surface area contributed by atoms with Crippen molar-refractivity contribution in [3.8, 4) is 0 Å². The molecule has 6 heteroatoms. The maximum absolute atomic E-state index is 12.2. The van der Waals surface area contributed by atoms with E-state index in [0.29, 0.717) is 17.0 Å². The molecule has 0 radical (unpaired) electrons. The average Bonchev–Trinajstić information content (AvgIpc) is 3.14. The van der Waals surface area contributed by atoms with Crippen molar-refractivity contribution in [2.45, 2.75) is 39.5 Å². The highest BCUT2D eigenvalue weighted by Crippen LogP contribution is 2.48. The van der Waals surface area contributed by atoms with Gasteiger partial charge in [-0.15, -0.1) is 0 Å². The van der Waals surface area contributed by atoms with Gasteiger partial charge in [0.05, 0.1) is 4.92 Å². The molecule has 1 aromatic rings. The van der Waals surface area contributed by atoms with E-state index >= 15 is 0 Å². The van der Waals surface area contributed by atoms with Crippen LogP contribution in [-0.2, 0) is 0 Å². The third-order valence-electron chi connectivity index (χ3n) is 5.26. The van der Waals surface area contributed by atoms with Gasteiger partial charge in [-0.25, -0.2) is 5.43 Å². The van der Waals surface area contributed by atoms with E-state index in [-0.39, 0.29) is 11.6 Å². The lowest BCUT2D eigenvalue weighted by Crippen LogP contribution is -2.24. The Bertz CT molecular complexity index is 684. The summed E-state index contributed by atoms with van der Waals surface area (Å²) < 4.78 is 0. The molecule has 0 spiro atoms. The second-order valence-corrected chi connectivity index (χ2v) is 6.73. The number of fused-ring (bicyclic) bond motifs is 2. The number of hydrazone groups is 1. The third-order valence-corrected chi connectivity index (χ3v) is 5.26. The summed E-state index contributed by atoms with van der Waals surface area (Å²) >= 11 is 0. The molecule has 2 aliphatic carbocycles. The van der Waals surface area contributed by atoms with Crippen LogP contribution in [0.1, 0.15) is 48.5 Å². The fourth-order valence-electron chi connectivity index (χ4n) is 4.04. The Morgan fingerprint density at radius 1 is 1.35 bits per heavy atom. The quantitative estimate of drug-likeness (QED) is 0.524. The molecule has 0 aromatic heterocycles. The monoisotopic (exact) mass is 315 g/mol. The van der Waals surface area contributed by atoms with Crippen molar-refractivity contribution >= 4 is 17.3 Å². The highest BCUT2D eigenvalue weighted by molar-refractivity contribution is 5.96. The van der Waals surface area contributed by atoms with Crippen LogP contribution in [0.2, 0.25) is 0 Å². The molecule has 1 amide bonds. The SMILES string of the molecule is CC(=NNC(=O)c1ccc([N+](=O)[O-])c(C)c1)[C@@H]1C[C@H]2CC[C@H]1C2. The molecule has 1 aromatic carbocycles. The Hall–Kier alpha value is -2.24. The van der Waals surface area contributed by atoms with E-state index < -0.39 is 4.92 Å². The zero-order valence-electron chi connectivity index (χ0n) is 13.4. The third kappa shape index (κ3) is 3.11. The Balaban J connectivity index is 1.66. The first-order valence-corrected chi connectivity index (χ1v) is 8.05. The predicted octanol–water partition coefficient (Wildman–Crippen LogP) is 3.45. The predicted molar refractivity (Wildman–Crippen MR) is 87.3 cm³/mol. The van der Waals surface area contributed by atoms with Crippen LogP contribution in [-0.4, -0.2) is 16.5 Å². The van der Waals surface area contributed by atoms with Crippen LogP contribution in [0.4, 0.5) is 5.69 Å². The number of amides is 1. The number of nitrogens with zero attached hydrogens (tertiary/aromatic N) is 2. The second-order valence-electron chi connectivity index (χ2n) is 6.73. The van der Waals surface area contributed by atoms with Crippen LogP contribution in [0.3, 0.4) is 0 Å². The van der Waals surface area contributed by atoms with Crippen molar-refractivity contribution in [3.63, 3.8) is 0 Å². The lowest BCUT2D eigenvalue weighted by molar-refractivity contribution is -0.385. The number of nitrogens with one attached hydrogen (secondary N) is 1. The summed E-state index contributed by atoms with van der Waals surface area (Å²) in [5.74, 6) is 1.73. The molecule has 1 N–H and O–H groups in total. The van der Waals surface area contributed by atoms with Crippen LogP contribution >= 0.6 is 0 Å². The minimum atomic E-state index is -0.450. The number of carbonyl (C=O) groups excluding carboxylic acids is 1. The molecular formula is C17H21N3O3. The zero-order valence-corrected chi connectivity index (χ0v) is 13.4. The van der Waals surface area contributed by atoms with E-state index in [1.54, 1.807) is 6.92 Å². The van der Waals surface area contributed by atoms with E-state index in [2.05, 4.69) is 10.5 Å². The number of hydrogen-bond donors (Lipinski definition) is 1. The van der Waals surface area contributed by atoms with Crippen LogP contribution in [0.15, 0.2) is 23.3 Å². The van der Waals surface area contributed by atoms with Crippen LogP contribution in [0, 0.1) is 34.8 Å². The number of nitro groups is 1. The molecule has 0 unspecified atom stereocenters. The van der Waals surface area contributed by atoms with E-state index in [9.17, 15) is 14.9 Å². The van der Waals surface area contributed by atoms with Crippen LogP contribution in [0.5, 0.6) is 0 Å². The van der Waals surface area contributed by atoms with Gasteiger partial charge in [-0.3, -0.25) is 14.9 Å². The molecule has 3 rings (SSSR count). The summed E-state index contributed by atoms with van der Waals surface area (Å²) in [5.41, 5.74) is 4.45. The van der Waals surface area contributed by atoms with E-state index in [1.165, 1.54) is 43.9 Å². The minimum absolute atomic E-state index is 0.0169. The summed E-state index contributed by atoms with van der Waals surface area (Å²) in [6.07, 6.45) is 5.10. The largest absolute Gasteiger partial charge is 0.272 e. The van der Waals surface area contributed by atoms with Gasteiger partial charge in [-0.05, 0) is 57.1 Å². The molecule has 122 valence electrons. The minimum Gasteiger partial charge on any atom is -0.267 e.